The van der Waals surface area contributed by atoms with Crippen LogP contribution in [0.1, 0.15) is 58.9 Å². The van der Waals surface area contributed by atoms with Crippen molar-refractivity contribution in [3.63, 3.8) is 0 Å². The predicted molar refractivity (Wildman–Crippen MR) is 123 cm³/mol. The molecular weight excluding hydrogens is 432 g/mol. The maximum absolute atomic E-state index is 12.6. The third-order valence-corrected chi connectivity index (χ3v) is 6.99. The summed E-state index contributed by atoms with van der Waals surface area (Å²) in [4.78, 5) is 21.6. The number of anilines is 1. The van der Waals surface area contributed by atoms with Gasteiger partial charge in [0.15, 0.2) is 5.72 Å². The minimum atomic E-state index is -1.68. The zero-order valence-electron chi connectivity index (χ0n) is 19.1. The van der Waals surface area contributed by atoms with Gasteiger partial charge in [-0.1, -0.05) is 0 Å². The number of nitrogens with zero attached hydrogens (tertiary/aromatic N) is 4. The van der Waals surface area contributed by atoms with Gasteiger partial charge in [-0.3, -0.25) is 4.79 Å². The molecule has 2 atom stereocenters. The molecule has 1 aromatic heterocycles. The largest absolute Gasteiger partial charge is 0.438 e. The number of aromatic nitrogens is 2. The van der Waals surface area contributed by atoms with Crippen LogP contribution in [0.25, 0.3) is 6.08 Å². The topological polar surface area (TPSA) is 144 Å². The number of ether oxygens (including phenoxy) is 1. The van der Waals surface area contributed by atoms with Crippen molar-refractivity contribution < 1.29 is 14.6 Å². The van der Waals surface area contributed by atoms with Crippen molar-refractivity contribution in [3.05, 3.63) is 46.2 Å². The van der Waals surface area contributed by atoms with Gasteiger partial charge in [0, 0.05) is 11.6 Å². The number of hydrogen-bond acceptors (Lipinski definition) is 8. The molecular formula is C25H24N6O3. The number of benzene rings is 1. The van der Waals surface area contributed by atoms with Crippen molar-refractivity contribution in [1.82, 2.24) is 15.3 Å². The minimum absolute atomic E-state index is 0.0144. The Bertz CT molecular complexity index is 1300. The maximum atomic E-state index is 12.6. The summed E-state index contributed by atoms with van der Waals surface area (Å²) in [7, 11) is 0. The Kier molecular flexibility index (Phi) is 4.85. The van der Waals surface area contributed by atoms with Crippen molar-refractivity contribution in [3.8, 4) is 23.8 Å². The zero-order valence-corrected chi connectivity index (χ0v) is 19.1. The molecule has 3 fully saturated rings. The Morgan fingerprint density at radius 3 is 2.56 bits per heavy atom. The highest BCUT2D eigenvalue weighted by Gasteiger charge is 2.57. The molecule has 3 N–H and O–H groups in total. The van der Waals surface area contributed by atoms with Crippen molar-refractivity contribution in [2.75, 3.05) is 5.32 Å². The molecule has 2 bridgehead atoms. The Hall–Kier alpha value is -3.95. The summed E-state index contributed by atoms with van der Waals surface area (Å²) in [5, 5.41) is 34.9. The highest BCUT2D eigenvalue weighted by molar-refractivity contribution is 5.98. The van der Waals surface area contributed by atoms with Gasteiger partial charge < -0.3 is 20.5 Å². The van der Waals surface area contributed by atoms with E-state index in [-0.39, 0.29) is 34.5 Å². The molecule has 9 heteroatoms. The van der Waals surface area contributed by atoms with Crippen LogP contribution in [0.5, 0.6) is 11.6 Å². The molecule has 4 aliphatic rings. The second-order valence-electron chi connectivity index (χ2n) is 9.66. The van der Waals surface area contributed by atoms with Crippen molar-refractivity contribution >= 4 is 17.9 Å². The van der Waals surface area contributed by atoms with Crippen LogP contribution < -0.4 is 15.4 Å². The minimum Gasteiger partial charge on any atom is -0.438 e. The number of nitrogens with one attached hydrogen (secondary N) is 2. The molecule has 2 aromatic rings. The van der Waals surface area contributed by atoms with Gasteiger partial charge in [-0.2, -0.15) is 15.5 Å². The SMILES string of the molecule is Cc1cc(/C=C/C#N)cc(C)c1Oc1nc(NC23CC(C#N)C(C2)C3)nc2c1[C@](C)(O)NC2=O. The van der Waals surface area contributed by atoms with Crippen LogP contribution in [0.15, 0.2) is 18.2 Å². The number of allylic oxidation sites excluding steroid dienone is 1. The Balaban J connectivity index is 1.54. The van der Waals surface area contributed by atoms with Gasteiger partial charge in [-0.05, 0) is 80.9 Å². The van der Waals surface area contributed by atoms with Gasteiger partial charge in [0.1, 0.15) is 11.4 Å². The van der Waals surface area contributed by atoms with E-state index in [2.05, 4.69) is 26.7 Å². The lowest BCUT2D eigenvalue weighted by Gasteiger charge is -2.39. The lowest BCUT2D eigenvalue weighted by atomic mass is 9.76. The molecule has 0 radical (unpaired) electrons. The zero-order chi connectivity index (χ0) is 24.3. The number of aryl methyl sites for hydroxylation is 2. The van der Waals surface area contributed by atoms with Gasteiger partial charge >= 0.3 is 0 Å². The van der Waals surface area contributed by atoms with Crippen LogP contribution in [0.3, 0.4) is 0 Å². The second-order valence-corrected chi connectivity index (χ2v) is 9.66. The summed E-state index contributed by atoms with van der Waals surface area (Å²) in [5.74, 6) is 0.757. The van der Waals surface area contributed by atoms with E-state index in [1.165, 1.54) is 13.0 Å². The van der Waals surface area contributed by atoms with Crippen LogP contribution >= 0.6 is 0 Å². The number of hydrogen-bond donors (Lipinski definition) is 3. The van der Waals surface area contributed by atoms with Crippen molar-refractivity contribution in [1.29, 1.82) is 10.5 Å². The van der Waals surface area contributed by atoms with E-state index in [0.29, 0.717) is 18.1 Å². The number of rotatable bonds is 5. The van der Waals surface area contributed by atoms with Crippen LogP contribution in [0, 0.1) is 48.3 Å². The predicted octanol–water partition coefficient (Wildman–Crippen LogP) is 3.44. The summed E-state index contributed by atoms with van der Waals surface area (Å²) < 4.78 is 6.23. The number of amides is 1. The summed E-state index contributed by atoms with van der Waals surface area (Å²) >= 11 is 0. The van der Waals surface area contributed by atoms with Crippen LogP contribution in [-0.4, -0.2) is 26.5 Å². The van der Waals surface area contributed by atoms with Crippen LogP contribution in [0.2, 0.25) is 0 Å². The molecule has 1 unspecified atom stereocenters. The fraction of sp³-hybridized carbons (Fsp3) is 0.400. The molecule has 2 heterocycles. The van der Waals surface area contributed by atoms with Crippen LogP contribution in [-0.2, 0) is 5.72 Å². The fourth-order valence-corrected chi connectivity index (χ4v) is 5.51. The average Bonchev–Trinajstić information content (AvgIpc) is 3.35. The molecule has 3 saturated carbocycles. The lowest BCUT2D eigenvalue weighted by Crippen LogP contribution is -2.43. The molecule has 1 amide bonds. The summed E-state index contributed by atoms with van der Waals surface area (Å²) in [6.45, 7) is 5.21. The first-order chi connectivity index (χ1) is 16.1. The van der Waals surface area contributed by atoms with E-state index in [1.807, 2.05) is 32.0 Å². The number of carbonyl (C=O) groups excluding carboxylic acids is 1. The van der Waals surface area contributed by atoms with Crippen molar-refractivity contribution in [2.24, 2.45) is 11.8 Å². The van der Waals surface area contributed by atoms with E-state index in [9.17, 15) is 15.2 Å². The monoisotopic (exact) mass is 456 g/mol. The van der Waals surface area contributed by atoms with E-state index >= 15 is 0 Å². The molecule has 34 heavy (non-hydrogen) atoms. The molecule has 0 saturated heterocycles. The summed E-state index contributed by atoms with van der Waals surface area (Å²) in [6, 6.07) is 8.12. The summed E-state index contributed by atoms with van der Waals surface area (Å²) in [6.07, 6.45) is 5.56. The molecule has 6 rings (SSSR count). The Morgan fingerprint density at radius 2 is 1.94 bits per heavy atom. The molecule has 3 aliphatic carbocycles. The third-order valence-electron chi connectivity index (χ3n) is 6.99. The van der Waals surface area contributed by atoms with Gasteiger partial charge in [0.25, 0.3) is 5.91 Å². The Morgan fingerprint density at radius 1 is 1.24 bits per heavy atom. The number of aliphatic hydroxyl groups is 1. The summed E-state index contributed by atoms with van der Waals surface area (Å²) in [5.41, 5.74) is 0.777. The molecule has 1 aromatic carbocycles. The molecule has 0 spiro atoms. The fourth-order valence-electron chi connectivity index (χ4n) is 5.51. The first kappa shape index (κ1) is 21.9. The maximum Gasteiger partial charge on any atom is 0.273 e. The van der Waals surface area contributed by atoms with Gasteiger partial charge in [0.05, 0.1) is 23.6 Å². The third kappa shape index (κ3) is 3.46. The molecule has 1 aliphatic heterocycles. The van der Waals surface area contributed by atoms with Gasteiger partial charge in [-0.25, -0.2) is 4.98 Å². The van der Waals surface area contributed by atoms with Gasteiger partial charge in [0.2, 0.25) is 11.8 Å². The van der Waals surface area contributed by atoms with E-state index in [0.717, 1.165) is 29.5 Å². The standard InChI is InChI=1S/C25H24N6O3/c1-13-7-15(5-4-6-26)8-14(2)20(13)34-22-18-19(21(32)30-24(18,3)33)28-23(29-22)31-25-9-16(10-25)17(11-25)12-27/h4-5,7-8,16-17,33H,9-11H2,1-3H3,(H,30,32)(H,28,29,31)/b5-4+/t16?,17?,24-,25?/m0/s1. The molecule has 9 nitrogen and oxygen atoms in total. The lowest BCUT2D eigenvalue weighted by molar-refractivity contribution is 0.0285. The normalized spacial score (nSPS) is 28.6. The first-order valence-corrected chi connectivity index (χ1v) is 11.2. The van der Waals surface area contributed by atoms with Crippen molar-refractivity contribution in [2.45, 2.75) is 51.3 Å². The van der Waals surface area contributed by atoms with Crippen LogP contribution in [0.4, 0.5) is 5.95 Å². The quantitative estimate of drug-likeness (QED) is 0.581. The number of fused-ring (bicyclic) bond motifs is 2. The Labute approximate surface area is 197 Å². The highest BCUT2D eigenvalue weighted by atomic mass is 16.5. The smallest absolute Gasteiger partial charge is 0.273 e. The van der Waals surface area contributed by atoms with E-state index < -0.39 is 11.6 Å². The van der Waals surface area contributed by atoms with E-state index in [1.54, 1.807) is 6.08 Å². The van der Waals surface area contributed by atoms with E-state index in [4.69, 9.17) is 10.00 Å². The second kappa shape index (κ2) is 7.54. The number of nitriles is 2. The van der Waals surface area contributed by atoms with Gasteiger partial charge in [-0.15, -0.1) is 0 Å². The molecule has 172 valence electrons. The first-order valence-electron chi connectivity index (χ1n) is 11.2. The highest BCUT2D eigenvalue weighted by Crippen LogP contribution is 2.56. The average molecular weight is 457 g/mol. The number of carbonyl (C=O) groups is 1.